The maximum Gasteiger partial charge on any atom is 0.309 e. The van der Waals surface area contributed by atoms with Gasteiger partial charge in [-0.3, -0.25) is 9.79 Å². The molecule has 1 aliphatic heterocycles. The van der Waals surface area contributed by atoms with Gasteiger partial charge in [-0.2, -0.15) is 0 Å². The smallest absolute Gasteiger partial charge is 0.309 e. The lowest BCUT2D eigenvalue weighted by Gasteiger charge is -2.33. The summed E-state index contributed by atoms with van der Waals surface area (Å²) in [5, 5.41) is 4.57. The Morgan fingerprint density at radius 2 is 2.21 bits per heavy atom. The highest BCUT2D eigenvalue weighted by Gasteiger charge is 2.27. The van der Waals surface area contributed by atoms with E-state index in [4.69, 9.17) is 4.74 Å². The molecule has 7 heteroatoms. The highest BCUT2D eigenvalue weighted by Crippen LogP contribution is 2.19. The van der Waals surface area contributed by atoms with E-state index in [1.807, 2.05) is 13.1 Å². The molecule has 1 aliphatic rings. The van der Waals surface area contributed by atoms with Gasteiger partial charge in [0.2, 0.25) is 0 Å². The van der Waals surface area contributed by atoms with Gasteiger partial charge in [0.1, 0.15) is 0 Å². The summed E-state index contributed by atoms with van der Waals surface area (Å²) in [5.41, 5.74) is 0. The molecule has 0 atom stereocenters. The van der Waals surface area contributed by atoms with Gasteiger partial charge in [-0.1, -0.05) is 6.92 Å². The summed E-state index contributed by atoms with van der Waals surface area (Å²) < 4.78 is 5.12. The number of aliphatic imine (C=N–C) groups is 1. The van der Waals surface area contributed by atoms with Crippen LogP contribution in [0.4, 0.5) is 0 Å². The Morgan fingerprint density at radius 1 is 1.46 bits per heavy atom. The van der Waals surface area contributed by atoms with Crippen molar-refractivity contribution in [2.24, 2.45) is 10.9 Å². The molecular formula is C17H28N4O2S. The topological polar surface area (TPSA) is 66.8 Å². The fourth-order valence-electron chi connectivity index (χ4n) is 2.83. The first-order valence-electron chi connectivity index (χ1n) is 8.73. The van der Waals surface area contributed by atoms with Crippen molar-refractivity contribution < 1.29 is 9.53 Å². The molecule has 2 rings (SSSR count). The second kappa shape index (κ2) is 9.61. The summed E-state index contributed by atoms with van der Waals surface area (Å²) in [7, 11) is 1.80. The minimum absolute atomic E-state index is 0.0297. The van der Waals surface area contributed by atoms with Crippen molar-refractivity contribution in [1.29, 1.82) is 0 Å². The largest absolute Gasteiger partial charge is 0.466 e. The number of guanidine groups is 1. The fraction of sp³-hybridized carbons (Fsp3) is 0.706. The zero-order valence-corrected chi connectivity index (χ0v) is 15.7. The molecule has 0 spiro atoms. The van der Waals surface area contributed by atoms with Gasteiger partial charge in [0.05, 0.1) is 17.5 Å². The molecule has 0 radical (unpaired) electrons. The predicted octanol–water partition coefficient (Wildman–Crippen LogP) is 2.10. The lowest BCUT2D eigenvalue weighted by molar-refractivity contribution is -0.149. The van der Waals surface area contributed by atoms with Crippen molar-refractivity contribution in [3.63, 3.8) is 0 Å². The van der Waals surface area contributed by atoms with Gasteiger partial charge in [-0.05, 0) is 26.2 Å². The second-order valence-corrected chi connectivity index (χ2v) is 7.01. The fourth-order valence-corrected chi connectivity index (χ4v) is 3.69. The molecule has 0 bridgehead atoms. The third-order valence-electron chi connectivity index (χ3n) is 4.20. The molecule has 0 amide bonds. The number of nitrogens with zero attached hydrogens (tertiary/aromatic N) is 3. The third-order valence-corrected chi connectivity index (χ3v) is 5.40. The number of carbonyl (C=O) groups excluding carboxylic acids is 1. The van der Waals surface area contributed by atoms with Crippen LogP contribution in [0.3, 0.4) is 0 Å². The van der Waals surface area contributed by atoms with Crippen molar-refractivity contribution in [2.45, 2.75) is 39.5 Å². The lowest BCUT2D eigenvalue weighted by atomic mass is 9.97. The van der Waals surface area contributed by atoms with Gasteiger partial charge in [-0.25, -0.2) is 4.98 Å². The average molecular weight is 353 g/mol. The summed E-state index contributed by atoms with van der Waals surface area (Å²) in [5.74, 6) is 0.877. The van der Waals surface area contributed by atoms with Crippen molar-refractivity contribution in [1.82, 2.24) is 15.2 Å². The van der Waals surface area contributed by atoms with Crippen LogP contribution < -0.4 is 5.32 Å². The summed E-state index contributed by atoms with van der Waals surface area (Å²) in [6, 6.07) is 0. The van der Waals surface area contributed by atoms with Gasteiger partial charge in [0.25, 0.3) is 0 Å². The van der Waals surface area contributed by atoms with E-state index in [0.29, 0.717) is 6.61 Å². The maximum absolute atomic E-state index is 11.8. The van der Waals surface area contributed by atoms with Crippen LogP contribution in [0.2, 0.25) is 0 Å². The van der Waals surface area contributed by atoms with Crippen LogP contribution in [-0.4, -0.2) is 55.1 Å². The Morgan fingerprint density at radius 3 is 2.79 bits per heavy atom. The van der Waals surface area contributed by atoms with Crippen molar-refractivity contribution in [3.05, 3.63) is 16.1 Å². The Labute approximate surface area is 148 Å². The molecule has 1 N–H and O–H groups in total. The Balaban J connectivity index is 1.75. The summed E-state index contributed by atoms with van der Waals surface area (Å²) in [6.07, 6.45) is 5.57. The van der Waals surface area contributed by atoms with Crippen molar-refractivity contribution in [2.75, 3.05) is 33.3 Å². The van der Waals surface area contributed by atoms with Crippen LogP contribution in [0.1, 0.15) is 36.6 Å². The molecule has 6 nitrogen and oxygen atoms in total. The number of aromatic nitrogens is 1. The number of nitrogens with one attached hydrogen (secondary N) is 1. The van der Waals surface area contributed by atoms with Gasteiger partial charge >= 0.3 is 5.97 Å². The van der Waals surface area contributed by atoms with E-state index >= 15 is 0 Å². The molecule has 1 fully saturated rings. The van der Waals surface area contributed by atoms with Gasteiger partial charge in [0.15, 0.2) is 5.96 Å². The van der Waals surface area contributed by atoms with E-state index in [9.17, 15) is 4.79 Å². The highest BCUT2D eigenvalue weighted by atomic mass is 32.1. The maximum atomic E-state index is 11.8. The van der Waals surface area contributed by atoms with Crippen LogP contribution in [-0.2, 0) is 22.4 Å². The zero-order chi connectivity index (χ0) is 17.4. The SMILES string of the molecule is CCOC(=O)C1CCN(C(=NC)NCCc2ncc(CC)s2)CC1. The van der Waals surface area contributed by atoms with Gasteiger partial charge < -0.3 is 15.0 Å². The van der Waals surface area contributed by atoms with E-state index < -0.39 is 0 Å². The first-order chi connectivity index (χ1) is 11.7. The average Bonchev–Trinajstić information content (AvgIpc) is 3.07. The Bertz CT molecular complexity index is 551. The number of likely N-dealkylation sites (tertiary alicyclic amines) is 1. The molecule has 0 aromatic carbocycles. The van der Waals surface area contributed by atoms with Gasteiger partial charge in [-0.15, -0.1) is 11.3 Å². The van der Waals surface area contributed by atoms with E-state index in [-0.39, 0.29) is 11.9 Å². The molecule has 134 valence electrons. The van der Waals surface area contributed by atoms with Crippen LogP contribution in [0.25, 0.3) is 0 Å². The molecule has 24 heavy (non-hydrogen) atoms. The summed E-state index contributed by atoms with van der Waals surface area (Å²) >= 11 is 1.78. The van der Waals surface area contributed by atoms with E-state index in [0.717, 1.165) is 56.3 Å². The standard InChI is InChI=1S/C17H28N4O2S/c1-4-14-12-20-15(24-14)6-9-19-17(18-3)21-10-7-13(8-11-21)16(22)23-5-2/h12-13H,4-11H2,1-3H3,(H,18,19). The van der Waals surface area contributed by atoms with E-state index in [1.54, 1.807) is 18.4 Å². The van der Waals surface area contributed by atoms with Crippen molar-refractivity contribution >= 4 is 23.3 Å². The number of carbonyl (C=O) groups is 1. The Kier molecular flexibility index (Phi) is 7.49. The zero-order valence-electron chi connectivity index (χ0n) is 14.9. The minimum Gasteiger partial charge on any atom is -0.466 e. The quantitative estimate of drug-likeness (QED) is 0.482. The lowest BCUT2D eigenvalue weighted by Crippen LogP contribution is -2.47. The number of hydrogen-bond donors (Lipinski definition) is 1. The minimum atomic E-state index is -0.0596. The first-order valence-corrected chi connectivity index (χ1v) is 9.55. The van der Waals surface area contributed by atoms with E-state index in [1.165, 1.54) is 4.88 Å². The molecular weight excluding hydrogens is 324 g/mol. The highest BCUT2D eigenvalue weighted by molar-refractivity contribution is 7.11. The number of hydrogen-bond acceptors (Lipinski definition) is 5. The third kappa shape index (κ3) is 5.19. The van der Waals surface area contributed by atoms with Crippen molar-refractivity contribution in [3.8, 4) is 0 Å². The molecule has 1 saturated heterocycles. The number of thiazole rings is 1. The number of piperidine rings is 1. The second-order valence-electron chi connectivity index (χ2n) is 5.81. The molecule has 2 heterocycles. The number of ether oxygens (including phenoxy) is 1. The van der Waals surface area contributed by atoms with Crippen LogP contribution in [0.5, 0.6) is 0 Å². The molecule has 0 saturated carbocycles. The van der Waals surface area contributed by atoms with Crippen LogP contribution in [0, 0.1) is 5.92 Å². The molecule has 0 unspecified atom stereocenters. The summed E-state index contributed by atoms with van der Waals surface area (Å²) in [6.45, 7) is 6.95. The number of esters is 1. The van der Waals surface area contributed by atoms with Crippen LogP contribution >= 0.6 is 11.3 Å². The molecule has 1 aromatic heterocycles. The van der Waals surface area contributed by atoms with Gasteiger partial charge in [0, 0.05) is 44.2 Å². The first kappa shape index (κ1) is 18.7. The van der Waals surface area contributed by atoms with Crippen LogP contribution in [0.15, 0.2) is 11.2 Å². The number of aryl methyl sites for hydroxylation is 1. The summed E-state index contributed by atoms with van der Waals surface area (Å²) in [4.78, 5) is 24.2. The number of rotatable bonds is 6. The molecule has 0 aliphatic carbocycles. The normalized spacial score (nSPS) is 16.3. The van der Waals surface area contributed by atoms with E-state index in [2.05, 4.69) is 27.1 Å². The predicted molar refractivity (Wildman–Crippen MR) is 97.5 cm³/mol. The monoisotopic (exact) mass is 352 g/mol. The Hall–Kier alpha value is -1.63. The molecule has 1 aromatic rings.